The fourth-order valence-corrected chi connectivity index (χ4v) is 6.21. The molecule has 9 rings (SSSR count). The Morgan fingerprint density at radius 1 is 0.388 bits per heavy atom. The Labute approximate surface area is 297 Å². The second kappa shape index (κ2) is 12.2. The maximum atomic E-state index is 9.09. The molecule has 0 bridgehead atoms. The van der Waals surface area contributed by atoms with Crippen LogP contribution < -0.4 is 0 Å². The topological polar surface area (TPSA) is 43.6 Å². The van der Waals surface area contributed by atoms with E-state index in [0.717, 1.165) is 22.3 Å². The lowest BCUT2D eigenvalue weighted by Gasteiger charge is -2.13. The molecular weight excluding hydrogens is 597 g/mol. The Balaban J connectivity index is 1.28. The maximum Gasteiger partial charge on any atom is 0.164 e. The van der Waals surface area contributed by atoms with Gasteiger partial charge in [-0.25, -0.2) is 15.0 Å². The SMILES string of the molecule is [2H]c1c([2H])c([2H])c(-c2ccc3c(c2)c2c([2H])c([2H])c([2H])c([2H])c2n3-c2cccc(-c3nc(-c4ccccc4)nc(-c4ccccc4-c4ccccc4)n3)c2)c([2H])c1[2H]. The van der Waals surface area contributed by atoms with Crippen molar-refractivity contribution in [2.45, 2.75) is 0 Å². The molecule has 0 aliphatic heterocycles. The molecule has 230 valence electrons. The molecule has 0 saturated carbocycles. The van der Waals surface area contributed by atoms with Crippen LogP contribution in [0.2, 0.25) is 0 Å². The monoisotopic (exact) mass is 635 g/mol. The van der Waals surface area contributed by atoms with Crippen molar-refractivity contribution in [1.29, 1.82) is 0 Å². The van der Waals surface area contributed by atoms with Crippen molar-refractivity contribution in [2.75, 3.05) is 0 Å². The largest absolute Gasteiger partial charge is 0.309 e. The summed E-state index contributed by atoms with van der Waals surface area (Å²) in [4.78, 5) is 15.0. The van der Waals surface area contributed by atoms with Gasteiger partial charge >= 0.3 is 0 Å². The van der Waals surface area contributed by atoms with Crippen molar-refractivity contribution in [3.63, 3.8) is 0 Å². The molecule has 0 aliphatic carbocycles. The molecule has 0 fully saturated rings. The summed E-state index contributed by atoms with van der Waals surface area (Å²) >= 11 is 0. The van der Waals surface area contributed by atoms with Crippen molar-refractivity contribution < 1.29 is 12.3 Å². The number of fused-ring (bicyclic) bond motifs is 3. The quantitative estimate of drug-likeness (QED) is 0.183. The molecule has 9 aromatic rings. The van der Waals surface area contributed by atoms with Crippen LogP contribution in [-0.4, -0.2) is 19.5 Å². The summed E-state index contributed by atoms with van der Waals surface area (Å²) in [5, 5.41) is 0.648. The van der Waals surface area contributed by atoms with Gasteiger partial charge < -0.3 is 4.57 Å². The zero-order chi connectivity index (χ0) is 40.4. The van der Waals surface area contributed by atoms with Crippen LogP contribution in [0.4, 0.5) is 0 Å². The minimum atomic E-state index is -0.507. The molecule has 0 aliphatic rings. The van der Waals surface area contributed by atoms with E-state index in [1.165, 1.54) is 0 Å². The summed E-state index contributed by atoms with van der Waals surface area (Å²) in [5.74, 6) is 1.33. The van der Waals surface area contributed by atoms with Crippen molar-refractivity contribution in [2.24, 2.45) is 0 Å². The summed E-state index contributed by atoms with van der Waals surface area (Å²) in [6.45, 7) is 0. The Morgan fingerprint density at radius 2 is 1.02 bits per heavy atom. The molecule has 4 nitrogen and oxygen atoms in total. The van der Waals surface area contributed by atoms with Crippen LogP contribution in [0.25, 0.3) is 83.9 Å². The fourth-order valence-electron chi connectivity index (χ4n) is 6.21. The number of nitrogens with zero attached hydrogens (tertiary/aromatic N) is 4. The second-order valence-electron chi connectivity index (χ2n) is 11.4. The first-order valence-corrected chi connectivity index (χ1v) is 15.7. The van der Waals surface area contributed by atoms with E-state index in [4.69, 9.17) is 27.3 Å². The van der Waals surface area contributed by atoms with Crippen LogP contribution in [0.5, 0.6) is 0 Å². The second-order valence-corrected chi connectivity index (χ2v) is 11.4. The lowest BCUT2D eigenvalue weighted by molar-refractivity contribution is 1.07. The van der Waals surface area contributed by atoms with Gasteiger partial charge in [0.05, 0.1) is 23.4 Å². The molecule has 0 saturated heterocycles. The fraction of sp³-hybridized carbons (Fsp3) is 0. The highest BCUT2D eigenvalue weighted by Gasteiger charge is 2.17. The number of benzene rings is 7. The van der Waals surface area contributed by atoms with E-state index < -0.39 is 30.2 Å². The smallest absolute Gasteiger partial charge is 0.164 e. The molecule has 0 atom stereocenters. The van der Waals surface area contributed by atoms with E-state index in [1.54, 1.807) is 22.8 Å². The minimum Gasteiger partial charge on any atom is -0.309 e. The average Bonchev–Trinajstić information content (AvgIpc) is 3.61. The first-order valence-electron chi connectivity index (χ1n) is 20.2. The lowest BCUT2D eigenvalue weighted by atomic mass is 9.99. The zero-order valence-corrected chi connectivity index (χ0v) is 25.9. The summed E-state index contributed by atoms with van der Waals surface area (Å²) in [6.07, 6.45) is 0. The van der Waals surface area contributed by atoms with Gasteiger partial charge in [-0.1, -0.05) is 151 Å². The number of aromatic nitrogens is 4. The van der Waals surface area contributed by atoms with Gasteiger partial charge in [-0.15, -0.1) is 0 Å². The summed E-state index contributed by atoms with van der Waals surface area (Å²) in [7, 11) is 0. The lowest BCUT2D eigenvalue weighted by Crippen LogP contribution is -2.02. The van der Waals surface area contributed by atoms with E-state index in [-0.39, 0.29) is 40.6 Å². The van der Waals surface area contributed by atoms with E-state index in [9.17, 15) is 0 Å². The van der Waals surface area contributed by atoms with Crippen LogP contribution in [-0.2, 0) is 0 Å². The average molecular weight is 636 g/mol. The third-order valence-corrected chi connectivity index (χ3v) is 8.47. The number of rotatable bonds is 6. The number of hydrogen-bond acceptors (Lipinski definition) is 3. The predicted molar refractivity (Wildman–Crippen MR) is 201 cm³/mol. The van der Waals surface area contributed by atoms with Gasteiger partial charge in [0.15, 0.2) is 17.5 Å². The molecule has 49 heavy (non-hydrogen) atoms. The molecule has 2 aromatic heterocycles. The summed E-state index contributed by atoms with van der Waals surface area (Å²) < 4.78 is 78.8. The highest BCUT2D eigenvalue weighted by molar-refractivity contribution is 6.10. The summed E-state index contributed by atoms with van der Waals surface area (Å²) in [6, 6.07) is 36.4. The standard InChI is InChI=1S/C45H30N4/c1-4-15-31(16-5-1)34-27-28-42-40(30-34)38-24-12-13-26-41(38)49(42)36-22-14-21-35(29-36)44-46-43(33-19-8-3-9-20-33)47-45(48-44)39-25-11-10-23-37(39)32-17-6-2-7-18-32/h1-30H/i1D,4D,5D,12D,13D,15D,16D,24D,26D. The van der Waals surface area contributed by atoms with Gasteiger partial charge in [0.2, 0.25) is 0 Å². The van der Waals surface area contributed by atoms with Gasteiger partial charge in [0.25, 0.3) is 0 Å². The highest BCUT2D eigenvalue weighted by Crippen LogP contribution is 2.36. The summed E-state index contributed by atoms with van der Waals surface area (Å²) in [5.41, 5.74) is 5.81. The Hall–Kier alpha value is -6.65. The van der Waals surface area contributed by atoms with E-state index in [1.807, 2.05) is 109 Å². The van der Waals surface area contributed by atoms with Crippen molar-refractivity contribution >= 4 is 21.8 Å². The zero-order valence-electron chi connectivity index (χ0n) is 34.9. The van der Waals surface area contributed by atoms with Crippen LogP contribution in [0.1, 0.15) is 12.3 Å². The van der Waals surface area contributed by atoms with E-state index >= 15 is 0 Å². The van der Waals surface area contributed by atoms with Crippen molar-refractivity contribution in [3.05, 3.63) is 182 Å². The molecule has 4 heteroatoms. The van der Waals surface area contributed by atoms with Crippen molar-refractivity contribution in [3.8, 4) is 62.1 Å². The molecule has 0 N–H and O–H groups in total. The van der Waals surface area contributed by atoms with Crippen molar-refractivity contribution in [1.82, 2.24) is 19.5 Å². The van der Waals surface area contributed by atoms with Crippen LogP contribution in [0, 0.1) is 0 Å². The third kappa shape index (κ3) is 5.26. The van der Waals surface area contributed by atoms with Gasteiger partial charge in [0, 0.05) is 33.2 Å². The maximum absolute atomic E-state index is 9.09. The van der Waals surface area contributed by atoms with Gasteiger partial charge in [-0.2, -0.15) is 0 Å². The molecule has 0 spiro atoms. The Morgan fingerprint density at radius 3 is 1.82 bits per heavy atom. The third-order valence-electron chi connectivity index (χ3n) is 8.47. The van der Waals surface area contributed by atoms with Gasteiger partial charge in [-0.3, -0.25) is 0 Å². The first-order chi connectivity index (χ1) is 28.0. The molecule has 0 unspecified atom stereocenters. The minimum absolute atomic E-state index is 0.00895. The van der Waals surface area contributed by atoms with Crippen LogP contribution in [0.3, 0.4) is 0 Å². The number of para-hydroxylation sites is 1. The first kappa shape index (κ1) is 20.6. The molecular formula is C45H30N4. The predicted octanol–water partition coefficient (Wildman–Crippen LogP) is 11.3. The Bertz CT molecular complexity index is 3090. The molecule has 0 radical (unpaired) electrons. The van der Waals surface area contributed by atoms with E-state index in [2.05, 4.69) is 0 Å². The Kier molecular flexibility index (Phi) is 5.11. The highest BCUT2D eigenvalue weighted by atomic mass is 15.0. The molecule has 7 aromatic carbocycles. The molecule has 2 heterocycles. The van der Waals surface area contributed by atoms with Gasteiger partial charge in [0.1, 0.15) is 0 Å². The van der Waals surface area contributed by atoms with Gasteiger partial charge in [-0.05, 0) is 52.6 Å². The van der Waals surface area contributed by atoms with Crippen LogP contribution >= 0.6 is 0 Å². The number of hydrogen-bond donors (Lipinski definition) is 0. The molecule has 0 amide bonds. The normalized spacial score (nSPS) is 13.8. The van der Waals surface area contributed by atoms with E-state index in [0.29, 0.717) is 45.2 Å². The van der Waals surface area contributed by atoms with Crippen LogP contribution in [0.15, 0.2) is 182 Å².